The maximum Gasteiger partial charge on any atom is 0.123 e. The molecule has 170 valence electrons. The third kappa shape index (κ3) is 5.96. The lowest BCUT2D eigenvalue weighted by Crippen LogP contribution is -2.15. The third-order valence-electron chi connectivity index (χ3n) is 6.04. The minimum atomic E-state index is -0.210. The summed E-state index contributed by atoms with van der Waals surface area (Å²) < 4.78 is 16.1. The van der Waals surface area contributed by atoms with E-state index in [1.54, 1.807) is 12.1 Å². The second kappa shape index (κ2) is 11.1. The van der Waals surface area contributed by atoms with E-state index < -0.39 is 0 Å². The van der Waals surface area contributed by atoms with Crippen LogP contribution in [0.15, 0.2) is 85.3 Å². The van der Waals surface area contributed by atoms with Crippen molar-refractivity contribution in [2.24, 2.45) is 0 Å². The summed E-state index contributed by atoms with van der Waals surface area (Å²) >= 11 is 0. The van der Waals surface area contributed by atoms with Crippen molar-refractivity contribution in [3.63, 3.8) is 0 Å². The highest BCUT2D eigenvalue weighted by molar-refractivity contribution is 5.85. The summed E-state index contributed by atoms with van der Waals surface area (Å²) in [6.45, 7) is 2.00. The lowest BCUT2D eigenvalue weighted by atomic mass is 9.95. The lowest BCUT2D eigenvalue weighted by Gasteiger charge is -2.14. The van der Waals surface area contributed by atoms with E-state index in [0.717, 1.165) is 55.5 Å². The average Bonchev–Trinajstić information content (AvgIpc) is 3.19. The summed E-state index contributed by atoms with van der Waals surface area (Å²) in [6.07, 6.45) is 10.1. The van der Waals surface area contributed by atoms with Crippen molar-refractivity contribution in [2.75, 3.05) is 20.6 Å². The van der Waals surface area contributed by atoms with E-state index in [1.165, 1.54) is 16.8 Å². The zero-order valence-corrected chi connectivity index (χ0v) is 19.5. The molecule has 0 aliphatic rings. The second-order valence-electron chi connectivity index (χ2n) is 8.80. The molecule has 0 aliphatic heterocycles. The average molecular weight is 442 g/mol. The minimum Gasteiger partial charge on any atom is -0.350 e. The Morgan fingerprint density at radius 3 is 2.24 bits per heavy atom. The van der Waals surface area contributed by atoms with Gasteiger partial charge in [0.05, 0.1) is 0 Å². The van der Waals surface area contributed by atoms with E-state index in [0.29, 0.717) is 0 Å². The van der Waals surface area contributed by atoms with Gasteiger partial charge in [0.15, 0.2) is 0 Å². The zero-order chi connectivity index (χ0) is 23.0. The van der Waals surface area contributed by atoms with E-state index in [-0.39, 0.29) is 5.82 Å². The molecule has 4 rings (SSSR count). The number of aromatic nitrogens is 2. The Morgan fingerprint density at radius 1 is 0.818 bits per heavy atom. The van der Waals surface area contributed by atoms with Crippen LogP contribution in [0.25, 0.3) is 22.3 Å². The molecule has 3 nitrogen and oxygen atoms in total. The van der Waals surface area contributed by atoms with E-state index in [1.807, 2.05) is 24.5 Å². The number of hydrogen-bond acceptors (Lipinski definition) is 2. The molecule has 0 atom stereocenters. The second-order valence-corrected chi connectivity index (χ2v) is 8.80. The number of pyridine rings is 1. The molecule has 0 saturated heterocycles. The molecular weight excluding hydrogens is 409 g/mol. The third-order valence-corrected chi connectivity index (χ3v) is 6.04. The zero-order valence-electron chi connectivity index (χ0n) is 19.5. The standard InChI is InChI=1S/C29H32FN3/c1-32(2)20-7-21-33-22-27(24-12-14-26(30)15-13-24)29(25-16-18-31-19-17-25)28(33)11-6-10-23-8-4-3-5-9-23/h3-5,8-9,12-19,22H,6-7,10-11,20-21H2,1-2H3. The fourth-order valence-corrected chi connectivity index (χ4v) is 4.42. The first kappa shape index (κ1) is 22.9. The van der Waals surface area contributed by atoms with Crippen LogP contribution < -0.4 is 0 Å². The van der Waals surface area contributed by atoms with Gasteiger partial charge in [0.25, 0.3) is 0 Å². The van der Waals surface area contributed by atoms with Crippen molar-refractivity contribution in [3.8, 4) is 22.3 Å². The van der Waals surface area contributed by atoms with Gasteiger partial charge in [-0.05, 0) is 87.3 Å². The number of rotatable bonds is 10. The molecule has 0 bridgehead atoms. The SMILES string of the molecule is CN(C)CCCn1cc(-c2ccc(F)cc2)c(-c2ccncc2)c1CCCc1ccccc1. The number of aryl methyl sites for hydroxylation is 2. The highest BCUT2D eigenvalue weighted by Gasteiger charge is 2.19. The first-order valence-electron chi connectivity index (χ1n) is 11.7. The largest absolute Gasteiger partial charge is 0.350 e. The van der Waals surface area contributed by atoms with Gasteiger partial charge < -0.3 is 9.47 Å². The summed E-state index contributed by atoms with van der Waals surface area (Å²) in [7, 11) is 4.23. The highest BCUT2D eigenvalue weighted by atomic mass is 19.1. The molecule has 33 heavy (non-hydrogen) atoms. The van der Waals surface area contributed by atoms with Gasteiger partial charge in [-0.15, -0.1) is 0 Å². The Bertz CT molecular complexity index is 1130. The molecule has 2 aromatic heterocycles. The van der Waals surface area contributed by atoms with Crippen molar-refractivity contribution in [1.29, 1.82) is 0 Å². The molecule has 4 heteroatoms. The molecule has 0 N–H and O–H groups in total. The molecule has 0 spiro atoms. The Morgan fingerprint density at radius 2 is 1.55 bits per heavy atom. The Kier molecular flexibility index (Phi) is 7.69. The molecule has 0 aliphatic carbocycles. The lowest BCUT2D eigenvalue weighted by molar-refractivity contribution is 0.385. The maximum atomic E-state index is 13.7. The number of hydrogen-bond donors (Lipinski definition) is 0. The normalized spacial score (nSPS) is 11.3. The maximum absolute atomic E-state index is 13.7. The summed E-state index contributed by atoms with van der Waals surface area (Å²) in [6, 6.07) is 21.7. The smallest absolute Gasteiger partial charge is 0.123 e. The van der Waals surface area contributed by atoms with Crippen molar-refractivity contribution < 1.29 is 4.39 Å². The fraction of sp³-hybridized carbons (Fsp3) is 0.276. The molecule has 0 unspecified atom stereocenters. The van der Waals surface area contributed by atoms with Gasteiger partial charge in [-0.25, -0.2) is 4.39 Å². The molecular formula is C29H32FN3. The van der Waals surface area contributed by atoms with E-state index in [2.05, 4.69) is 77.2 Å². The first-order chi connectivity index (χ1) is 16.1. The van der Waals surface area contributed by atoms with Crippen LogP contribution in [0.1, 0.15) is 24.1 Å². The summed E-state index contributed by atoms with van der Waals surface area (Å²) in [5.41, 5.74) is 7.30. The number of benzene rings is 2. The predicted octanol–water partition coefficient (Wildman–Crippen LogP) is 6.48. The van der Waals surface area contributed by atoms with Crippen LogP contribution in [0.4, 0.5) is 4.39 Å². The van der Waals surface area contributed by atoms with Crippen LogP contribution in [0.5, 0.6) is 0 Å². The van der Waals surface area contributed by atoms with Crippen LogP contribution in [0, 0.1) is 5.82 Å². The number of nitrogens with zero attached hydrogens (tertiary/aromatic N) is 3. The van der Waals surface area contributed by atoms with Gasteiger partial charge in [0, 0.05) is 42.0 Å². The molecule has 0 amide bonds. The van der Waals surface area contributed by atoms with Crippen LogP contribution in [-0.2, 0) is 19.4 Å². The van der Waals surface area contributed by atoms with Crippen molar-refractivity contribution in [1.82, 2.24) is 14.5 Å². The molecule has 0 saturated carbocycles. The topological polar surface area (TPSA) is 21.1 Å². The van der Waals surface area contributed by atoms with Gasteiger partial charge in [-0.1, -0.05) is 42.5 Å². The fourth-order valence-electron chi connectivity index (χ4n) is 4.42. The summed E-state index contributed by atoms with van der Waals surface area (Å²) in [5, 5.41) is 0. The van der Waals surface area contributed by atoms with Gasteiger partial charge >= 0.3 is 0 Å². The van der Waals surface area contributed by atoms with E-state index in [4.69, 9.17) is 0 Å². The van der Waals surface area contributed by atoms with Crippen LogP contribution in [0.2, 0.25) is 0 Å². The first-order valence-corrected chi connectivity index (χ1v) is 11.7. The Balaban J connectivity index is 1.73. The summed E-state index contributed by atoms with van der Waals surface area (Å²) in [5.74, 6) is -0.210. The van der Waals surface area contributed by atoms with Gasteiger partial charge in [0.1, 0.15) is 5.82 Å². The number of halogens is 1. The molecule has 0 radical (unpaired) electrons. The Hall–Kier alpha value is -3.24. The monoisotopic (exact) mass is 441 g/mol. The summed E-state index contributed by atoms with van der Waals surface area (Å²) in [4.78, 5) is 6.46. The van der Waals surface area contributed by atoms with Gasteiger partial charge in [0.2, 0.25) is 0 Å². The van der Waals surface area contributed by atoms with Crippen molar-refractivity contribution in [3.05, 3.63) is 102 Å². The van der Waals surface area contributed by atoms with Crippen molar-refractivity contribution in [2.45, 2.75) is 32.2 Å². The molecule has 2 heterocycles. The predicted molar refractivity (Wildman–Crippen MR) is 135 cm³/mol. The molecule has 0 fully saturated rings. The van der Waals surface area contributed by atoms with Crippen LogP contribution in [-0.4, -0.2) is 35.1 Å². The van der Waals surface area contributed by atoms with E-state index in [9.17, 15) is 4.39 Å². The van der Waals surface area contributed by atoms with Crippen LogP contribution >= 0.6 is 0 Å². The minimum absolute atomic E-state index is 0.210. The van der Waals surface area contributed by atoms with Gasteiger partial charge in [-0.2, -0.15) is 0 Å². The quantitative estimate of drug-likeness (QED) is 0.281. The van der Waals surface area contributed by atoms with Gasteiger partial charge in [-0.3, -0.25) is 4.98 Å². The van der Waals surface area contributed by atoms with Crippen LogP contribution in [0.3, 0.4) is 0 Å². The molecule has 4 aromatic rings. The highest BCUT2D eigenvalue weighted by Crippen LogP contribution is 2.37. The Labute approximate surface area is 196 Å². The molecule has 2 aromatic carbocycles. The van der Waals surface area contributed by atoms with E-state index >= 15 is 0 Å². The van der Waals surface area contributed by atoms with Crippen molar-refractivity contribution >= 4 is 0 Å².